The van der Waals surface area contributed by atoms with E-state index >= 15 is 0 Å². The molecule has 1 N–H and O–H groups in total. The zero-order valence-corrected chi connectivity index (χ0v) is 22.8. The van der Waals surface area contributed by atoms with E-state index in [2.05, 4.69) is 70.7 Å². The summed E-state index contributed by atoms with van der Waals surface area (Å²) >= 11 is 1.52. The summed E-state index contributed by atoms with van der Waals surface area (Å²) in [7, 11) is 0. The summed E-state index contributed by atoms with van der Waals surface area (Å²) in [6.07, 6.45) is 4.13. The molecule has 4 rings (SSSR count). The third kappa shape index (κ3) is 8.33. The minimum absolute atomic E-state index is 0.109. The second-order valence-electron chi connectivity index (χ2n) is 9.59. The number of halogens is 1. The molecule has 198 valence electrons. The Hall–Kier alpha value is -3.35. The van der Waals surface area contributed by atoms with Crippen LogP contribution in [-0.4, -0.2) is 28.9 Å². The lowest BCUT2D eigenvalue weighted by molar-refractivity contribution is 0.0948. The van der Waals surface area contributed by atoms with Gasteiger partial charge in [-0.25, -0.2) is 9.37 Å². The third-order valence-electron chi connectivity index (χ3n) is 6.67. The van der Waals surface area contributed by atoms with E-state index in [0.29, 0.717) is 25.3 Å². The van der Waals surface area contributed by atoms with Crippen molar-refractivity contribution in [3.8, 4) is 0 Å². The molecule has 0 unspecified atom stereocenters. The van der Waals surface area contributed by atoms with Gasteiger partial charge in [-0.3, -0.25) is 9.69 Å². The molecule has 0 fully saturated rings. The molecule has 0 aliphatic rings. The molecule has 0 saturated heterocycles. The summed E-state index contributed by atoms with van der Waals surface area (Å²) in [5, 5.41) is 5.73. The Balaban J connectivity index is 1.48. The van der Waals surface area contributed by atoms with Crippen molar-refractivity contribution in [3.05, 3.63) is 124 Å². The van der Waals surface area contributed by atoms with Gasteiger partial charge in [0.25, 0.3) is 5.91 Å². The number of nitrogens with one attached hydrogen (secondary N) is 1. The highest BCUT2D eigenvalue weighted by molar-refractivity contribution is 7.09. The van der Waals surface area contributed by atoms with E-state index in [0.717, 1.165) is 42.8 Å². The highest BCUT2D eigenvalue weighted by Gasteiger charge is 2.18. The standard InChI is InChI=1S/C32H36FN3OS/c1-2-3-10-20-34-32(37)30-24-38-31(35-30)23-36(22-25-15-17-28(33)18-16-25)21-19-29(26-11-6-4-7-12-26)27-13-8-5-9-14-27/h4-9,11-18,24,29H,2-3,10,19-23H2,1H3,(H,34,37). The van der Waals surface area contributed by atoms with E-state index in [4.69, 9.17) is 0 Å². The van der Waals surface area contributed by atoms with Crippen molar-refractivity contribution in [1.82, 2.24) is 15.2 Å². The van der Waals surface area contributed by atoms with E-state index in [1.54, 1.807) is 0 Å². The number of unbranched alkanes of at least 4 members (excludes halogenated alkanes) is 2. The summed E-state index contributed by atoms with van der Waals surface area (Å²) in [6.45, 7) is 4.95. The van der Waals surface area contributed by atoms with Crippen LogP contribution in [0.4, 0.5) is 4.39 Å². The largest absolute Gasteiger partial charge is 0.351 e. The summed E-state index contributed by atoms with van der Waals surface area (Å²) in [5.41, 5.74) is 4.11. The van der Waals surface area contributed by atoms with Crippen molar-refractivity contribution in [2.75, 3.05) is 13.1 Å². The van der Waals surface area contributed by atoms with Crippen LogP contribution in [0.15, 0.2) is 90.3 Å². The first-order chi connectivity index (χ1) is 18.6. The summed E-state index contributed by atoms with van der Waals surface area (Å²) in [6, 6.07) is 27.9. The molecule has 0 atom stereocenters. The molecule has 6 heteroatoms. The lowest BCUT2D eigenvalue weighted by Crippen LogP contribution is -2.26. The fourth-order valence-electron chi connectivity index (χ4n) is 4.62. The fourth-order valence-corrected chi connectivity index (χ4v) is 5.43. The zero-order valence-electron chi connectivity index (χ0n) is 22.0. The van der Waals surface area contributed by atoms with Crippen LogP contribution in [0, 0.1) is 5.82 Å². The Labute approximate surface area is 229 Å². The van der Waals surface area contributed by atoms with E-state index < -0.39 is 0 Å². The molecule has 0 aliphatic carbocycles. The molecule has 4 aromatic rings. The van der Waals surface area contributed by atoms with Crippen LogP contribution < -0.4 is 5.32 Å². The molecular formula is C32H36FN3OS. The number of carbonyl (C=O) groups excluding carboxylic acids is 1. The number of carbonyl (C=O) groups is 1. The first-order valence-electron chi connectivity index (χ1n) is 13.4. The molecular weight excluding hydrogens is 493 g/mol. The van der Waals surface area contributed by atoms with Gasteiger partial charge in [0.15, 0.2) is 0 Å². The Kier molecular flexibility index (Phi) is 10.6. The highest BCUT2D eigenvalue weighted by atomic mass is 32.1. The maximum Gasteiger partial charge on any atom is 0.270 e. The lowest BCUT2D eigenvalue weighted by atomic mass is 9.88. The predicted molar refractivity (Wildman–Crippen MR) is 154 cm³/mol. The van der Waals surface area contributed by atoms with Gasteiger partial charge in [0.05, 0.1) is 6.54 Å². The van der Waals surface area contributed by atoms with Crippen molar-refractivity contribution >= 4 is 17.2 Å². The van der Waals surface area contributed by atoms with Crippen LogP contribution in [0.5, 0.6) is 0 Å². The van der Waals surface area contributed by atoms with Gasteiger partial charge < -0.3 is 5.32 Å². The highest BCUT2D eigenvalue weighted by Crippen LogP contribution is 2.29. The van der Waals surface area contributed by atoms with Gasteiger partial charge in [0.1, 0.15) is 16.5 Å². The Morgan fingerprint density at radius 2 is 1.58 bits per heavy atom. The fraction of sp³-hybridized carbons (Fsp3) is 0.312. The Morgan fingerprint density at radius 3 is 2.21 bits per heavy atom. The predicted octanol–water partition coefficient (Wildman–Crippen LogP) is 7.43. The molecule has 0 spiro atoms. The van der Waals surface area contributed by atoms with Gasteiger partial charge in [-0.2, -0.15) is 0 Å². The normalized spacial score (nSPS) is 11.3. The van der Waals surface area contributed by atoms with Crippen molar-refractivity contribution in [3.63, 3.8) is 0 Å². The number of nitrogens with zero attached hydrogens (tertiary/aromatic N) is 2. The van der Waals surface area contributed by atoms with Gasteiger partial charge in [-0.15, -0.1) is 11.3 Å². The van der Waals surface area contributed by atoms with Gasteiger partial charge in [0, 0.05) is 24.4 Å². The smallest absolute Gasteiger partial charge is 0.270 e. The number of hydrogen-bond acceptors (Lipinski definition) is 4. The lowest BCUT2D eigenvalue weighted by Gasteiger charge is -2.25. The van der Waals surface area contributed by atoms with Crippen LogP contribution in [0.1, 0.15) is 70.7 Å². The topological polar surface area (TPSA) is 45.2 Å². The number of aromatic nitrogens is 1. The summed E-state index contributed by atoms with van der Waals surface area (Å²) < 4.78 is 13.6. The van der Waals surface area contributed by atoms with Gasteiger partial charge >= 0.3 is 0 Å². The molecule has 0 radical (unpaired) electrons. The molecule has 0 bridgehead atoms. The monoisotopic (exact) mass is 529 g/mol. The van der Waals surface area contributed by atoms with Crippen molar-refractivity contribution in [2.45, 2.75) is 51.6 Å². The molecule has 1 aromatic heterocycles. The second kappa shape index (κ2) is 14.6. The minimum atomic E-state index is -0.233. The van der Waals surface area contributed by atoms with Crippen molar-refractivity contribution in [2.24, 2.45) is 0 Å². The molecule has 0 saturated carbocycles. The van der Waals surface area contributed by atoms with E-state index in [1.165, 1.54) is 34.6 Å². The molecule has 4 nitrogen and oxygen atoms in total. The van der Waals surface area contributed by atoms with Crippen LogP contribution in [0.2, 0.25) is 0 Å². The molecule has 3 aromatic carbocycles. The Bertz CT molecular complexity index is 1210. The molecule has 38 heavy (non-hydrogen) atoms. The van der Waals surface area contributed by atoms with Crippen LogP contribution in [-0.2, 0) is 13.1 Å². The van der Waals surface area contributed by atoms with Crippen molar-refractivity contribution < 1.29 is 9.18 Å². The van der Waals surface area contributed by atoms with Crippen LogP contribution >= 0.6 is 11.3 Å². The van der Waals surface area contributed by atoms with Crippen LogP contribution in [0.25, 0.3) is 0 Å². The molecule has 0 aliphatic heterocycles. The minimum Gasteiger partial charge on any atom is -0.351 e. The maximum atomic E-state index is 13.6. The number of hydrogen-bond donors (Lipinski definition) is 1. The van der Waals surface area contributed by atoms with E-state index in [1.807, 2.05) is 29.6 Å². The maximum absolute atomic E-state index is 13.6. The zero-order chi connectivity index (χ0) is 26.6. The number of thiazole rings is 1. The first-order valence-corrected chi connectivity index (χ1v) is 14.3. The molecule has 1 amide bonds. The quantitative estimate of drug-likeness (QED) is 0.173. The number of rotatable bonds is 14. The number of benzene rings is 3. The molecule has 1 heterocycles. The van der Waals surface area contributed by atoms with Gasteiger partial charge in [0.2, 0.25) is 0 Å². The summed E-state index contributed by atoms with van der Waals surface area (Å²) in [5.74, 6) is -0.0844. The first kappa shape index (κ1) is 27.7. The van der Waals surface area contributed by atoms with Crippen molar-refractivity contribution in [1.29, 1.82) is 0 Å². The average molecular weight is 530 g/mol. The van der Waals surface area contributed by atoms with E-state index in [9.17, 15) is 9.18 Å². The summed E-state index contributed by atoms with van der Waals surface area (Å²) in [4.78, 5) is 19.5. The second-order valence-corrected chi connectivity index (χ2v) is 10.5. The van der Waals surface area contributed by atoms with Gasteiger partial charge in [-0.05, 0) is 48.2 Å². The third-order valence-corrected chi connectivity index (χ3v) is 7.50. The van der Waals surface area contributed by atoms with Crippen LogP contribution in [0.3, 0.4) is 0 Å². The Morgan fingerprint density at radius 1 is 0.921 bits per heavy atom. The SMILES string of the molecule is CCCCCNC(=O)c1csc(CN(CCC(c2ccccc2)c2ccccc2)Cc2ccc(F)cc2)n1. The van der Waals surface area contributed by atoms with Gasteiger partial charge in [-0.1, -0.05) is 92.6 Å². The number of amides is 1. The average Bonchev–Trinajstić information content (AvgIpc) is 3.42. The van der Waals surface area contributed by atoms with E-state index in [-0.39, 0.29) is 17.6 Å².